The highest BCUT2D eigenvalue weighted by Gasteiger charge is 2.47. The second-order valence-corrected chi connectivity index (χ2v) is 8.44. The number of ether oxygens (including phenoxy) is 1. The number of morpholine rings is 1. The summed E-state index contributed by atoms with van der Waals surface area (Å²) in [5.74, 6) is -0.729. The van der Waals surface area contributed by atoms with Gasteiger partial charge in [0.15, 0.2) is 0 Å². The monoisotopic (exact) mass is 451 g/mol. The first kappa shape index (κ1) is 22.7. The van der Waals surface area contributed by atoms with Crippen molar-refractivity contribution < 1.29 is 27.1 Å². The average Bonchev–Trinajstić information content (AvgIpc) is 2.76. The van der Waals surface area contributed by atoms with Crippen molar-refractivity contribution in [1.82, 2.24) is 9.88 Å². The summed E-state index contributed by atoms with van der Waals surface area (Å²) in [7, 11) is 0. The Morgan fingerprint density at radius 2 is 1.91 bits per heavy atom. The zero-order valence-corrected chi connectivity index (χ0v) is 17.7. The second-order valence-electron chi connectivity index (χ2n) is 8.44. The highest BCUT2D eigenvalue weighted by Crippen LogP contribution is 2.40. The summed E-state index contributed by atoms with van der Waals surface area (Å²) in [5.41, 5.74) is -1.18. The predicted octanol–water partition coefficient (Wildman–Crippen LogP) is 4.07. The number of amides is 1. The minimum Gasteiger partial charge on any atom is -0.360 e. The first-order valence-corrected chi connectivity index (χ1v) is 10.6. The Kier molecular flexibility index (Phi) is 6.22. The minimum atomic E-state index is -4.59. The molecule has 1 atom stereocenters. The van der Waals surface area contributed by atoms with Crippen molar-refractivity contribution in [3.63, 3.8) is 0 Å². The van der Waals surface area contributed by atoms with Crippen LogP contribution in [-0.2, 0) is 22.1 Å². The van der Waals surface area contributed by atoms with Crippen LogP contribution in [0, 0.1) is 5.82 Å². The lowest BCUT2D eigenvalue weighted by Gasteiger charge is -2.49. The smallest absolute Gasteiger partial charge is 0.360 e. The third-order valence-electron chi connectivity index (χ3n) is 6.31. The van der Waals surface area contributed by atoms with E-state index in [2.05, 4.69) is 9.88 Å². The molecular weight excluding hydrogens is 426 g/mol. The van der Waals surface area contributed by atoms with Crippen molar-refractivity contribution in [2.45, 2.75) is 44.1 Å². The lowest BCUT2D eigenvalue weighted by molar-refractivity contribution is -0.162. The number of likely N-dealkylation sites (tertiary alicyclic amines) is 1. The van der Waals surface area contributed by atoms with Gasteiger partial charge >= 0.3 is 6.18 Å². The number of pyridine rings is 1. The van der Waals surface area contributed by atoms with E-state index in [1.54, 1.807) is 25.1 Å². The number of halogens is 4. The Morgan fingerprint density at radius 1 is 1.19 bits per heavy atom. The third-order valence-corrected chi connectivity index (χ3v) is 6.31. The quantitative estimate of drug-likeness (QED) is 0.658. The largest absolute Gasteiger partial charge is 0.418 e. The SMILES string of the molecule is C[C@@H]1OC2(CCN(CCc3ccccc3F)CC2)CN(c2cnccc2C(F)(F)F)C1=O. The molecule has 1 aromatic carbocycles. The minimum absolute atomic E-state index is 0.0477. The molecule has 32 heavy (non-hydrogen) atoms. The summed E-state index contributed by atoms with van der Waals surface area (Å²) in [4.78, 5) is 19.9. The Hall–Kier alpha value is -2.52. The molecule has 2 fully saturated rings. The van der Waals surface area contributed by atoms with E-state index >= 15 is 0 Å². The number of hydrogen-bond donors (Lipinski definition) is 0. The van der Waals surface area contributed by atoms with Gasteiger partial charge in [-0.1, -0.05) is 18.2 Å². The standard InChI is InChI=1S/C23H25F4N3O2/c1-16-21(31)30(20-14-28-10-6-18(20)23(25,26)27)15-22(32-16)8-12-29(13-9-22)11-7-17-4-2-3-5-19(17)24/h2-6,10,14,16H,7-9,11-13,15H2,1H3/t16-/m0/s1. The van der Waals surface area contributed by atoms with Crippen LogP contribution >= 0.6 is 0 Å². The Labute approximate surface area is 184 Å². The lowest BCUT2D eigenvalue weighted by atomic mass is 9.88. The fourth-order valence-electron chi connectivity index (χ4n) is 4.53. The normalized spacial score (nSPS) is 21.8. The Bertz CT molecular complexity index is 974. The van der Waals surface area contributed by atoms with Crippen LogP contribution in [0.2, 0.25) is 0 Å². The Balaban J connectivity index is 1.46. The van der Waals surface area contributed by atoms with Crippen LogP contribution in [0.15, 0.2) is 42.7 Å². The lowest BCUT2D eigenvalue weighted by Crippen LogP contribution is -2.62. The molecular formula is C23H25F4N3O2. The molecule has 5 nitrogen and oxygen atoms in total. The molecule has 2 aliphatic heterocycles. The summed E-state index contributed by atoms with van der Waals surface area (Å²) in [6.45, 7) is 3.61. The highest BCUT2D eigenvalue weighted by molar-refractivity contribution is 5.97. The summed E-state index contributed by atoms with van der Waals surface area (Å²) < 4.78 is 60.5. The molecule has 0 saturated carbocycles. The number of hydrogen-bond acceptors (Lipinski definition) is 4. The maximum Gasteiger partial charge on any atom is 0.418 e. The summed E-state index contributed by atoms with van der Waals surface area (Å²) in [6.07, 6.45) is -1.56. The van der Waals surface area contributed by atoms with Crippen LogP contribution < -0.4 is 4.90 Å². The molecule has 1 aromatic heterocycles. The van der Waals surface area contributed by atoms with Crippen molar-refractivity contribution in [2.75, 3.05) is 31.1 Å². The summed E-state index contributed by atoms with van der Waals surface area (Å²) in [5, 5.41) is 0. The molecule has 2 aliphatic rings. The van der Waals surface area contributed by atoms with E-state index in [0.717, 1.165) is 18.5 Å². The molecule has 0 aliphatic carbocycles. The van der Waals surface area contributed by atoms with Crippen LogP contribution in [0.3, 0.4) is 0 Å². The van der Waals surface area contributed by atoms with Gasteiger partial charge in [0.2, 0.25) is 0 Å². The van der Waals surface area contributed by atoms with E-state index in [-0.39, 0.29) is 18.0 Å². The molecule has 0 N–H and O–H groups in total. The highest BCUT2D eigenvalue weighted by atomic mass is 19.4. The van der Waals surface area contributed by atoms with Gasteiger partial charge in [-0.25, -0.2) is 4.39 Å². The van der Waals surface area contributed by atoms with Gasteiger partial charge in [-0.3, -0.25) is 9.78 Å². The fourth-order valence-corrected chi connectivity index (χ4v) is 4.53. The van der Waals surface area contributed by atoms with Crippen molar-refractivity contribution in [1.29, 1.82) is 0 Å². The zero-order valence-electron chi connectivity index (χ0n) is 17.7. The molecule has 1 spiro atoms. The van der Waals surface area contributed by atoms with Crippen LogP contribution in [0.4, 0.5) is 23.2 Å². The van der Waals surface area contributed by atoms with Gasteiger partial charge in [0, 0.05) is 25.8 Å². The summed E-state index contributed by atoms with van der Waals surface area (Å²) >= 11 is 0. The van der Waals surface area contributed by atoms with E-state index in [9.17, 15) is 22.4 Å². The molecule has 0 bridgehead atoms. The molecule has 1 amide bonds. The molecule has 2 saturated heterocycles. The van der Waals surface area contributed by atoms with Gasteiger partial charge in [0.05, 0.1) is 29.6 Å². The van der Waals surface area contributed by atoms with Gasteiger partial charge in [-0.15, -0.1) is 0 Å². The number of carbonyl (C=O) groups is 1. The number of alkyl halides is 3. The molecule has 9 heteroatoms. The number of piperidine rings is 1. The van der Waals surface area contributed by atoms with E-state index < -0.39 is 29.4 Å². The van der Waals surface area contributed by atoms with Gasteiger partial charge in [0.25, 0.3) is 5.91 Å². The molecule has 0 radical (unpaired) electrons. The number of carbonyl (C=O) groups excluding carboxylic acids is 1. The van der Waals surface area contributed by atoms with E-state index in [4.69, 9.17) is 4.74 Å². The molecule has 172 valence electrons. The zero-order chi connectivity index (χ0) is 22.9. The number of anilines is 1. The molecule has 0 unspecified atom stereocenters. The first-order chi connectivity index (χ1) is 15.2. The van der Waals surface area contributed by atoms with Crippen LogP contribution in [0.25, 0.3) is 0 Å². The fraction of sp³-hybridized carbons (Fsp3) is 0.478. The number of aromatic nitrogens is 1. The first-order valence-electron chi connectivity index (χ1n) is 10.6. The Morgan fingerprint density at radius 3 is 2.59 bits per heavy atom. The van der Waals surface area contributed by atoms with E-state index in [1.165, 1.54) is 11.0 Å². The van der Waals surface area contributed by atoms with Gasteiger partial charge in [-0.05, 0) is 43.9 Å². The van der Waals surface area contributed by atoms with Crippen molar-refractivity contribution >= 4 is 11.6 Å². The number of benzene rings is 1. The second kappa shape index (κ2) is 8.78. The van der Waals surface area contributed by atoms with Crippen LogP contribution in [-0.4, -0.2) is 53.7 Å². The molecule has 4 rings (SSSR count). The van der Waals surface area contributed by atoms with Gasteiger partial charge in [0.1, 0.15) is 11.9 Å². The topological polar surface area (TPSA) is 45.7 Å². The maximum atomic E-state index is 13.9. The van der Waals surface area contributed by atoms with Crippen molar-refractivity contribution in [3.05, 3.63) is 59.7 Å². The van der Waals surface area contributed by atoms with Gasteiger partial charge < -0.3 is 14.5 Å². The van der Waals surface area contributed by atoms with E-state index in [1.807, 2.05) is 0 Å². The van der Waals surface area contributed by atoms with Crippen LogP contribution in [0.5, 0.6) is 0 Å². The average molecular weight is 451 g/mol. The molecule has 3 heterocycles. The number of nitrogens with zero attached hydrogens (tertiary/aromatic N) is 3. The van der Waals surface area contributed by atoms with Crippen molar-refractivity contribution in [2.24, 2.45) is 0 Å². The summed E-state index contributed by atoms with van der Waals surface area (Å²) in [6, 6.07) is 7.56. The van der Waals surface area contributed by atoms with Crippen molar-refractivity contribution in [3.8, 4) is 0 Å². The third kappa shape index (κ3) is 4.63. The van der Waals surface area contributed by atoms with Crippen LogP contribution in [0.1, 0.15) is 30.9 Å². The predicted molar refractivity (Wildman–Crippen MR) is 111 cm³/mol. The molecule has 2 aromatic rings. The maximum absolute atomic E-state index is 13.9. The number of rotatable bonds is 4. The van der Waals surface area contributed by atoms with E-state index in [0.29, 0.717) is 44.5 Å². The van der Waals surface area contributed by atoms with Gasteiger partial charge in [-0.2, -0.15) is 13.2 Å².